The Morgan fingerprint density at radius 1 is 0.686 bits per heavy atom. The molecule has 172 valence electrons. The van der Waals surface area contributed by atoms with Crippen LogP contribution in [0.25, 0.3) is 10.8 Å². The molecule has 0 spiro atoms. The Kier molecular flexibility index (Phi) is 8.17. The Balaban J connectivity index is 1.43. The predicted molar refractivity (Wildman–Crippen MR) is 146 cm³/mol. The first-order chi connectivity index (χ1) is 17.2. The van der Waals surface area contributed by atoms with E-state index >= 15 is 0 Å². The van der Waals surface area contributed by atoms with Gasteiger partial charge < -0.3 is 0 Å². The van der Waals surface area contributed by atoms with E-state index in [0.29, 0.717) is 5.39 Å². The molecule has 0 aliphatic heterocycles. The number of rotatable bonds is 5. The highest BCUT2D eigenvalue weighted by atomic mass is 19.1. The number of allylic oxidation sites excluding steroid dienone is 2. The second kappa shape index (κ2) is 11.9. The largest absolute Gasteiger partial charge is 0.206 e. The van der Waals surface area contributed by atoms with Gasteiger partial charge in [-0.3, -0.25) is 0 Å². The Labute approximate surface area is 208 Å². The van der Waals surface area contributed by atoms with Crippen LogP contribution >= 0.6 is 0 Å². The third-order valence-electron chi connectivity index (χ3n) is 5.93. The average Bonchev–Trinajstić information content (AvgIpc) is 2.89. The molecule has 0 atom stereocenters. The van der Waals surface area contributed by atoms with Crippen LogP contribution in [0.3, 0.4) is 0 Å². The first kappa shape index (κ1) is 24.1. The van der Waals surface area contributed by atoms with Crippen LogP contribution in [0, 0.1) is 29.5 Å². The topological polar surface area (TPSA) is 0 Å². The van der Waals surface area contributed by atoms with Gasteiger partial charge in [-0.2, -0.15) is 0 Å². The standard InChI is InChI=1S/C34H29F/c1-3-5-6-8-26-9-11-27(12-10-26)13-14-28-15-17-29(18-16-28)19-20-30-21-24-33-32(25-30)23-22-31(7-4-2)34(33)35/h3,5,9-12,15-18,21-25H,4,6-8H2,1-2H3/b5-3+. The van der Waals surface area contributed by atoms with Crippen LogP contribution in [0.1, 0.15) is 60.1 Å². The molecule has 0 saturated heterocycles. The summed E-state index contributed by atoms with van der Waals surface area (Å²) >= 11 is 0. The highest BCUT2D eigenvalue weighted by molar-refractivity contribution is 5.85. The molecule has 0 amide bonds. The van der Waals surface area contributed by atoms with E-state index in [4.69, 9.17) is 0 Å². The van der Waals surface area contributed by atoms with E-state index in [2.05, 4.69) is 67.0 Å². The van der Waals surface area contributed by atoms with Crippen LogP contribution in [0.2, 0.25) is 0 Å². The maximum atomic E-state index is 14.7. The van der Waals surface area contributed by atoms with E-state index in [-0.39, 0.29) is 5.82 Å². The number of hydrogen-bond acceptors (Lipinski definition) is 0. The Morgan fingerprint density at radius 3 is 1.86 bits per heavy atom. The summed E-state index contributed by atoms with van der Waals surface area (Å²) in [7, 11) is 0. The summed E-state index contributed by atoms with van der Waals surface area (Å²) < 4.78 is 14.7. The molecule has 35 heavy (non-hydrogen) atoms. The molecule has 0 heterocycles. The SMILES string of the molecule is C/C=C/CCc1ccc(C#Cc2ccc(C#Cc3ccc4c(F)c(CCC)ccc4c3)cc2)cc1. The maximum Gasteiger partial charge on any atom is 0.134 e. The summed E-state index contributed by atoms with van der Waals surface area (Å²) in [4.78, 5) is 0. The summed E-state index contributed by atoms with van der Waals surface area (Å²) in [5, 5.41) is 1.54. The van der Waals surface area contributed by atoms with Crippen LogP contribution in [-0.4, -0.2) is 0 Å². The van der Waals surface area contributed by atoms with Crippen molar-refractivity contribution in [1.82, 2.24) is 0 Å². The van der Waals surface area contributed by atoms with Gasteiger partial charge in [0.25, 0.3) is 0 Å². The van der Waals surface area contributed by atoms with E-state index in [9.17, 15) is 4.39 Å². The van der Waals surface area contributed by atoms with Crippen molar-refractivity contribution in [3.05, 3.63) is 130 Å². The van der Waals surface area contributed by atoms with Gasteiger partial charge in [0.1, 0.15) is 5.82 Å². The van der Waals surface area contributed by atoms with Gasteiger partial charge in [-0.1, -0.05) is 79.5 Å². The van der Waals surface area contributed by atoms with Crippen LogP contribution in [0.5, 0.6) is 0 Å². The van der Waals surface area contributed by atoms with Gasteiger partial charge in [0, 0.05) is 27.6 Å². The van der Waals surface area contributed by atoms with E-state index in [0.717, 1.165) is 58.9 Å². The number of halogens is 1. The van der Waals surface area contributed by atoms with Gasteiger partial charge in [-0.25, -0.2) is 4.39 Å². The molecule has 4 aromatic rings. The lowest BCUT2D eigenvalue weighted by atomic mass is 10.0. The van der Waals surface area contributed by atoms with Gasteiger partial charge in [0.05, 0.1) is 0 Å². The minimum Gasteiger partial charge on any atom is -0.206 e. The van der Waals surface area contributed by atoms with Crippen LogP contribution < -0.4 is 0 Å². The molecule has 0 aliphatic rings. The normalized spacial score (nSPS) is 10.6. The van der Waals surface area contributed by atoms with E-state index in [1.165, 1.54) is 5.56 Å². The van der Waals surface area contributed by atoms with Crippen molar-refractivity contribution in [3.8, 4) is 23.7 Å². The fraction of sp³-hybridized carbons (Fsp3) is 0.176. The fourth-order valence-corrected chi connectivity index (χ4v) is 3.97. The number of fused-ring (bicyclic) bond motifs is 1. The van der Waals surface area contributed by atoms with Gasteiger partial charge in [0.2, 0.25) is 0 Å². The van der Waals surface area contributed by atoms with Gasteiger partial charge >= 0.3 is 0 Å². The molecule has 0 bridgehead atoms. The second-order valence-electron chi connectivity index (χ2n) is 8.61. The molecular formula is C34H29F. The molecule has 0 radical (unpaired) electrons. The van der Waals surface area contributed by atoms with Gasteiger partial charge in [-0.15, -0.1) is 0 Å². The van der Waals surface area contributed by atoms with E-state index in [1.54, 1.807) is 0 Å². The molecular weight excluding hydrogens is 427 g/mol. The smallest absolute Gasteiger partial charge is 0.134 e. The van der Waals surface area contributed by atoms with Crippen molar-refractivity contribution in [2.24, 2.45) is 0 Å². The zero-order valence-electron chi connectivity index (χ0n) is 20.4. The zero-order chi connectivity index (χ0) is 24.5. The van der Waals surface area contributed by atoms with Crippen molar-refractivity contribution in [1.29, 1.82) is 0 Å². The Hall–Kier alpha value is -4.07. The van der Waals surface area contributed by atoms with Crippen molar-refractivity contribution in [3.63, 3.8) is 0 Å². The lowest BCUT2D eigenvalue weighted by molar-refractivity contribution is 0.619. The molecule has 4 aromatic carbocycles. The van der Waals surface area contributed by atoms with Gasteiger partial charge in [-0.05, 0) is 91.2 Å². The quantitative estimate of drug-likeness (QED) is 0.209. The highest BCUT2D eigenvalue weighted by Gasteiger charge is 2.06. The molecule has 1 heteroatoms. The lowest BCUT2D eigenvalue weighted by Gasteiger charge is -2.06. The fourth-order valence-electron chi connectivity index (χ4n) is 3.97. The zero-order valence-corrected chi connectivity index (χ0v) is 20.4. The molecule has 0 aromatic heterocycles. The van der Waals surface area contributed by atoms with Crippen molar-refractivity contribution in [2.45, 2.75) is 39.5 Å². The predicted octanol–water partition coefficient (Wildman–Crippen LogP) is 8.24. The summed E-state index contributed by atoms with van der Waals surface area (Å²) in [6.07, 6.45) is 8.08. The molecule has 0 aliphatic carbocycles. The minimum atomic E-state index is -0.110. The first-order valence-corrected chi connectivity index (χ1v) is 12.2. The van der Waals surface area contributed by atoms with Crippen molar-refractivity contribution < 1.29 is 4.39 Å². The van der Waals surface area contributed by atoms with Crippen molar-refractivity contribution in [2.75, 3.05) is 0 Å². The third-order valence-corrected chi connectivity index (χ3v) is 5.93. The van der Waals surface area contributed by atoms with Crippen molar-refractivity contribution >= 4 is 10.8 Å². The van der Waals surface area contributed by atoms with E-state index in [1.807, 2.05) is 61.5 Å². The second-order valence-corrected chi connectivity index (χ2v) is 8.61. The number of benzene rings is 4. The monoisotopic (exact) mass is 456 g/mol. The molecule has 4 rings (SSSR count). The molecule has 0 saturated carbocycles. The van der Waals surface area contributed by atoms with E-state index < -0.39 is 0 Å². The molecule has 0 fully saturated rings. The number of aryl methyl sites for hydroxylation is 2. The van der Waals surface area contributed by atoms with Crippen LogP contribution in [0.4, 0.5) is 4.39 Å². The minimum absolute atomic E-state index is 0.110. The summed E-state index contributed by atoms with van der Waals surface area (Å²) in [6.45, 7) is 4.11. The van der Waals surface area contributed by atoms with Crippen LogP contribution in [-0.2, 0) is 12.8 Å². The lowest BCUT2D eigenvalue weighted by Crippen LogP contribution is -1.91. The maximum absolute atomic E-state index is 14.7. The molecule has 0 unspecified atom stereocenters. The Bertz CT molecular complexity index is 1450. The number of hydrogen-bond donors (Lipinski definition) is 0. The summed E-state index contributed by atoms with van der Waals surface area (Å²) in [5.41, 5.74) is 5.87. The van der Waals surface area contributed by atoms with Gasteiger partial charge in [0.15, 0.2) is 0 Å². The highest BCUT2D eigenvalue weighted by Crippen LogP contribution is 2.23. The molecule has 0 N–H and O–H groups in total. The summed E-state index contributed by atoms with van der Waals surface area (Å²) in [6, 6.07) is 26.0. The van der Waals surface area contributed by atoms with Crippen LogP contribution in [0.15, 0.2) is 91.0 Å². The average molecular weight is 457 g/mol. The third kappa shape index (κ3) is 6.50. The Morgan fingerprint density at radius 2 is 1.26 bits per heavy atom. The molecule has 0 nitrogen and oxygen atoms in total. The first-order valence-electron chi connectivity index (χ1n) is 12.2. The summed E-state index contributed by atoms with van der Waals surface area (Å²) in [5.74, 6) is 12.8.